The van der Waals surface area contributed by atoms with E-state index in [1.165, 1.54) is 0 Å². The molecule has 0 amide bonds. The van der Waals surface area contributed by atoms with Crippen LogP contribution in [0.4, 0.5) is 0 Å². The number of nitrogens with one attached hydrogen (secondary N) is 2. The predicted molar refractivity (Wildman–Crippen MR) is 107 cm³/mol. The number of hydrogen-bond donors (Lipinski definition) is 4. The summed E-state index contributed by atoms with van der Waals surface area (Å²) in [6, 6.07) is 17.7. The number of aryl methyl sites for hydroxylation is 1. The highest BCUT2D eigenvalue weighted by Gasteiger charge is 2.30. The van der Waals surface area contributed by atoms with Crippen molar-refractivity contribution in [2.45, 2.75) is 31.6 Å². The van der Waals surface area contributed by atoms with E-state index in [9.17, 15) is 0 Å². The van der Waals surface area contributed by atoms with Crippen molar-refractivity contribution in [3.63, 3.8) is 0 Å². The molecule has 2 aromatic rings. The minimum absolute atomic E-state index is 0.0439. The van der Waals surface area contributed by atoms with Crippen LogP contribution in [-0.4, -0.2) is 17.7 Å². The lowest BCUT2D eigenvalue weighted by Crippen LogP contribution is -2.64. The Labute approximate surface area is 158 Å². The lowest BCUT2D eigenvalue weighted by Gasteiger charge is -2.33. The largest absolute Gasteiger partial charge is 0.370 e. The maximum atomic E-state index is 6.41. The van der Waals surface area contributed by atoms with Crippen molar-refractivity contribution in [1.29, 1.82) is 0 Å². The van der Waals surface area contributed by atoms with Gasteiger partial charge in [-0.1, -0.05) is 54.1 Å². The number of nitrogens with two attached hydrogens (primary N) is 2. The molecule has 3 rings (SSSR count). The topological polar surface area (TPSA) is 101 Å². The molecule has 1 aliphatic heterocycles. The van der Waals surface area contributed by atoms with E-state index in [1.807, 2.05) is 61.5 Å². The Morgan fingerprint density at radius 3 is 2.54 bits per heavy atom. The van der Waals surface area contributed by atoms with Crippen molar-refractivity contribution in [1.82, 2.24) is 10.6 Å². The molecule has 0 bridgehead atoms. The number of hydrogen-bond acceptors (Lipinski definition) is 4. The van der Waals surface area contributed by atoms with Crippen LogP contribution >= 0.6 is 11.6 Å². The highest BCUT2D eigenvalue weighted by molar-refractivity contribution is 6.30. The van der Waals surface area contributed by atoms with Gasteiger partial charge in [-0.05, 0) is 36.6 Å². The zero-order valence-corrected chi connectivity index (χ0v) is 15.4. The summed E-state index contributed by atoms with van der Waals surface area (Å²) in [6.07, 6.45) is 1.30. The minimum atomic E-state index is -1.01. The van der Waals surface area contributed by atoms with Crippen LogP contribution in [-0.2, 0) is 6.42 Å². The van der Waals surface area contributed by atoms with Crippen molar-refractivity contribution in [2.24, 2.45) is 21.5 Å². The third kappa shape index (κ3) is 4.74. The van der Waals surface area contributed by atoms with Gasteiger partial charge in [0, 0.05) is 11.4 Å². The van der Waals surface area contributed by atoms with E-state index in [4.69, 9.17) is 23.1 Å². The Kier molecular flexibility index (Phi) is 5.44. The molecule has 0 fully saturated rings. The van der Waals surface area contributed by atoms with E-state index < -0.39 is 5.79 Å². The van der Waals surface area contributed by atoms with E-state index in [0.717, 1.165) is 17.5 Å². The van der Waals surface area contributed by atoms with Crippen molar-refractivity contribution in [2.75, 3.05) is 0 Å². The Hall–Kier alpha value is -2.57. The standard InChI is InChI=1S/C19H23ClN6/c1-13(15-5-3-2-4-6-15)23-18-24-17(21)25-19(22,26-18)12-11-14-7-9-16(20)10-8-14/h2-10,13H,11-12,22H2,1H3,(H4,21,23,24,25,26)/t13-,19?/m0/s1. The number of halogens is 1. The van der Waals surface area contributed by atoms with Crippen LogP contribution in [0, 0.1) is 0 Å². The van der Waals surface area contributed by atoms with Crippen molar-refractivity contribution in [3.05, 3.63) is 70.7 Å². The second kappa shape index (κ2) is 7.76. The van der Waals surface area contributed by atoms with E-state index in [1.54, 1.807) is 0 Å². The van der Waals surface area contributed by atoms with Crippen molar-refractivity contribution < 1.29 is 0 Å². The molecule has 0 radical (unpaired) electrons. The quantitative estimate of drug-likeness (QED) is 0.649. The first-order valence-electron chi connectivity index (χ1n) is 8.50. The van der Waals surface area contributed by atoms with Gasteiger partial charge in [0.15, 0.2) is 11.7 Å². The summed E-state index contributed by atoms with van der Waals surface area (Å²) in [7, 11) is 0. The van der Waals surface area contributed by atoms with Crippen LogP contribution in [0.25, 0.3) is 0 Å². The lowest BCUT2D eigenvalue weighted by atomic mass is 10.1. The molecule has 1 aliphatic rings. The van der Waals surface area contributed by atoms with Gasteiger partial charge in [-0.15, -0.1) is 0 Å². The Balaban J connectivity index is 1.71. The van der Waals surface area contributed by atoms with Gasteiger partial charge in [0.25, 0.3) is 0 Å². The van der Waals surface area contributed by atoms with Gasteiger partial charge < -0.3 is 11.1 Å². The molecule has 1 unspecified atom stereocenters. The molecule has 7 heteroatoms. The van der Waals surface area contributed by atoms with Crippen molar-refractivity contribution >= 4 is 23.5 Å². The Morgan fingerprint density at radius 1 is 1.15 bits per heavy atom. The second-order valence-electron chi connectivity index (χ2n) is 6.36. The molecular weight excluding hydrogens is 348 g/mol. The maximum Gasteiger partial charge on any atom is 0.201 e. The highest BCUT2D eigenvalue weighted by atomic mass is 35.5. The summed E-state index contributed by atoms with van der Waals surface area (Å²) in [5.74, 6) is -0.238. The maximum absolute atomic E-state index is 6.41. The first-order valence-corrected chi connectivity index (χ1v) is 8.88. The van der Waals surface area contributed by atoms with Crippen LogP contribution in [0.3, 0.4) is 0 Å². The normalized spacial score (nSPS) is 22.3. The molecule has 6 nitrogen and oxygen atoms in total. The molecule has 0 spiro atoms. The Morgan fingerprint density at radius 2 is 1.85 bits per heavy atom. The average Bonchev–Trinajstić information content (AvgIpc) is 2.61. The third-order valence-electron chi connectivity index (χ3n) is 4.21. The minimum Gasteiger partial charge on any atom is -0.370 e. The van der Waals surface area contributed by atoms with Crippen molar-refractivity contribution in [3.8, 4) is 0 Å². The number of nitrogens with zero attached hydrogens (tertiary/aromatic N) is 2. The van der Waals surface area contributed by atoms with Gasteiger partial charge in [-0.2, -0.15) is 0 Å². The molecule has 1 heterocycles. The zero-order valence-electron chi connectivity index (χ0n) is 14.6. The smallest absolute Gasteiger partial charge is 0.201 e. The SMILES string of the molecule is C[C@H](N=C1NC(N)=NC(N)(CCc2ccc(Cl)cc2)N1)c1ccccc1. The molecular formula is C19H23ClN6. The van der Waals surface area contributed by atoms with Gasteiger partial charge in [0.2, 0.25) is 5.96 Å². The molecule has 0 aliphatic carbocycles. The van der Waals surface area contributed by atoms with Crippen LogP contribution < -0.4 is 22.1 Å². The van der Waals surface area contributed by atoms with Gasteiger partial charge in [-0.25, -0.2) is 9.98 Å². The van der Waals surface area contributed by atoms with Gasteiger partial charge in [0.1, 0.15) is 0 Å². The first-order chi connectivity index (χ1) is 12.4. The predicted octanol–water partition coefficient (Wildman–Crippen LogP) is 2.51. The fourth-order valence-corrected chi connectivity index (χ4v) is 2.92. The average molecular weight is 371 g/mol. The molecule has 6 N–H and O–H groups in total. The number of aliphatic imine (C=N–C) groups is 2. The summed E-state index contributed by atoms with van der Waals surface area (Å²) >= 11 is 5.93. The molecule has 0 saturated heterocycles. The monoisotopic (exact) mass is 370 g/mol. The molecule has 2 aromatic carbocycles. The fourth-order valence-electron chi connectivity index (χ4n) is 2.80. The molecule has 0 saturated carbocycles. The number of benzene rings is 2. The summed E-state index contributed by atoms with van der Waals surface area (Å²) < 4.78 is 0. The highest BCUT2D eigenvalue weighted by Crippen LogP contribution is 2.18. The van der Waals surface area contributed by atoms with Gasteiger partial charge in [-0.3, -0.25) is 11.1 Å². The molecule has 2 atom stereocenters. The third-order valence-corrected chi connectivity index (χ3v) is 4.47. The van der Waals surface area contributed by atoms with Gasteiger partial charge >= 0.3 is 0 Å². The summed E-state index contributed by atoms with van der Waals surface area (Å²) in [5.41, 5.74) is 14.6. The molecule has 26 heavy (non-hydrogen) atoms. The van der Waals surface area contributed by atoms with Crippen LogP contribution in [0.2, 0.25) is 5.02 Å². The fraction of sp³-hybridized carbons (Fsp3) is 0.263. The summed E-state index contributed by atoms with van der Waals surface area (Å²) in [6.45, 7) is 2.01. The van der Waals surface area contributed by atoms with Crippen LogP contribution in [0.5, 0.6) is 0 Å². The van der Waals surface area contributed by atoms with Gasteiger partial charge in [0.05, 0.1) is 6.04 Å². The van der Waals surface area contributed by atoms with Crippen LogP contribution in [0.15, 0.2) is 64.6 Å². The molecule has 0 aromatic heterocycles. The number of guanidine groups is 2. The summed E-state index contributed by atoms with van der Waals surface area (Å²) in [4.78, 5) is 8.97. The van der Waals surface area contributed by atoms with E-state index >= 15 is 0 Å². The zero-order chi connectivity index (χ0) is 18.6. The van der Waals surface area contributed by atoms with E-state index in [-0.39, 0.29) is 12.0 Å². The molecule has 136 valence electrons. The van der Waals surface area contributed by atoms with Crippen LogP contribution in [0.1, 0.15) is 30.5 Å². The first kappa shape index (κ1) is 18.2. The summed E-state index contributed by atoms with van der Waals surface area (Å²) in [5, 5.41) is 6.82. The second-order valence-corrected chi connectivity index (χ2v) is 6.80. The van der Waals surface area contributed by atoms with E-state index in [0.29, 0.717) is 17.4 Å². The van der Waals surface area contributed by atoms with E-state index in [2.05, 4.69) is 20.6 Å². The Bertz CT molecular complexity index is 803. The lowest BCUT2D eigenvalue weighted by molar-refractivity contribution is 0.369. The number of rotatable bonds is 5.